The van der Waals surface area contributed by atoms with Crippen molar-refractivity contribution in [1.82, 2.24) is 4.98 Å². The molecule has 0 N–H and O–H groups in total. The quantitative estimate of drug-likeness (QED) is 0.191. The molecule has 1 nitrogen and oxygen atoms in total. The lowest BCUT2D eigenvalue weighted by molar-refractivity contribution is 0.353. The van der Waals surface area contributed by atoms with Gasteiger partial charge < -0.3 is 0 Å². The fourth-order valence-corrected chi connectivity index (χ4v) is 8.73. The zero-order chi connectivity index (χ0) is 28.8. The number of hydrogen-bond acceptors (Lipinski definition) is 1. The van der Waals surface area contributed by atoms with Gasteiger partial charge in [-0.05, 0) is 103 Å². The predicted molar refractivity (Wildman–Crippen MR) is 186 cm³/mol. The van der Waals surface area contributed by atoms with E-state index in [1.54, 1.807) is 0 Å². The summed E-state index contributed by atoms with van der Waals surface area (Å²) in [6.07, 6.45) is 6.31. The Hall–Kier alpha value is -5.01. The molecule has 8 aromatic rings. The highest BCUT2D eigenvalue weighted by molar-refractivity contribution is 6.25. The molecule has 44 heavy (non-hydrogen) atoms. The molecule has 7 aromatic carbocycles. The monoisotopic (exact) mass is 561 g/mol. The summed E-state index contributed by atoms with van der Waals surface area (Å²) in [7, 11) is 0. The number of para-hydroxylation sites is 1. The molecular formula is C43H31N. The van der Waals surface area contributed by atoms with Crippen LogP contribution in [0.1, 0.15) is 43.2 Å². The van der Waals surface area contributed by atoms with Crippen LogP contribution in [0.4, 0.5) is 0 Å². The van der Waals surface area contributed by atoms with E-state index in [0.717, 1.165) is 11.2 Å². The molecule has 1 spiro atoms. The van der Waals surface area contributed by atoms with Crippen LogP contribution in [0.3, 0.4) is 0 Å². The van der Waals surface area contributed by atoms with E-state index in [4.69, 9.17) is 4.98 Å². The number of aromatic nitrogens is 1. The largest absolute Gasteiger partial charge is 0.248 e. The third kappa shape index (κ3) is 3.33. The molecule has 1 heterocycles. The smallest absolute Gasteiger partial charge is 0.0709 e. The lowest BCUT2D eigenvalue weighted by Gasteiger charge is -2.36. The Balaban J connectivity index is 1.16. The molecule has 0 unspecified atom stereocenters. The highest BCUT2D eigenvalue weighted by Crippen LogP contribution is 2.57. The summed E-state index contributed by atoms with van der Waals surface area (Å²) in [5, 5.41) is 9.27. The van der Waals surface area contributed by atoms with E-state index in [9.17, 15) is 0 Å². The van der Waals surface area contributed by atoms with E-state index in [2.05, 4.69) is 127 Å². The van der Waals surface area contributed by atoms with Crippen LogP contribution in [0, 0.1) is 0 Å². The van der Waals surface area contributed by atoms with Gasteiger partial charge in [-0.25, -0.2) is 4.98 Å². The van der Waals surface area contributed by atoms with Crippen molar-refractivity contribution in [1.29, 1.82) is 0 Å². The minimum Gasteiger partial charge on any atom is -0.248 e. The van der Waals surface area contributed by atoms with Crippen molar-refractivity contribution in [3.05, 3.63) is 139 Å². The fraction of sp³-hybridized carbons (Fsp3) is 0.140. The van der Waals surface area contributed by atoms with Gasteiger partial charge in [0.15, 0.2) is 0 Å². The molecule has 0 aliphatic heterocycles. The van der Waals surface area contributed by atoms with E-state index < -0.39 is 0 Å². The summed E-state index contributed by atoms with van der Waals surface area (Å²) in [5.41, 5.74) is 11.9. The Morgan fingerprint density at radius 2 is 1.07 bits per heavy atom. The Morgan fingerprint density at radius 3 is 1.89 bits per heavy atom. The number of pyridine rings is 1. The second-order valence-corrected chi connectivity index (χ2v) is 13.0. The van der Waals surface area contributed by atoms with Crippen molar-refractivity contribution >= 4 is 43.2 Å². The third-order valence-corrected chi connectivity index (χ3v) is 10.8. The van der Waals surface area contributed by atoms with E-state index in [1.165, 1.54) is 109 Å². The number of fused-ring (bicyclic) bond motifs is 6. The molecule has 2 aliphatic rings. The van der Waals surface area contributed by atoms with Gasteiger partial charge in [0.1, 0.15) is 0 Å². The van der Waals surface area contributed by atoms with Gasteiger partial charge >= 0.3 is 0 Å². The molecular weight excluding hydrogens is 530 g/mol. The van der Waals surface area contributed by atoms with Gasteiger partial charge in [0.25, 0.3) is 0 Å². The first-order valence-corrected chi connectivity index (χ1v) is 16.1. The molecule has 1 heteroatoms. The Labute approximate surface area is 257 Å². The molecule has 0 radical (unpaired) electrons. The van der Waals surface area contributed by atoms with Gasteiger partial charge in [0.05, 0.1) is 11.2 Å². The van der Waals surface area contributed by atoms with E-state index in [0.29, 0.717) is 0 Å². The van der Waals surface area contributed by atoms with Crippen LogP contribution in [0.25, 0.3) is 76.7 Å². The maximum atomic E-state index is 5.07. The minimum atomic E-state index is 0.0651. The molecule has 0 amide bonds. The standard InChI is InChI=1S/C43H31N/c1-4-23-43(24-5-1)37-25-31(33-18-13-30-12-11-28-8-6-9-29-14-21-36(33)42(30)41(28)29)15-19-34(37)35-20-16-32(26-38(35)43)40-22-17-27-7-2-3-10-39(27)44-40/h2-3,6-22,25-26H,1,4-5,23-24H2. The molecule has 0 bridgehead atoms. The molecule has 0 saturated heterocycles. The van der Waals surface area contributed by atoms with Crippen molar-refractivity contribution in [2.75, 3.05) is 0 Å². The molecule has 1 fully saturated rings. The van der Waals surface area contributed by atoms with Gasteiger partial charge in [-0.15, -0.1) is 0 Å². The maximum absolute atomic E-state index is 5.07. The molecule has 0 atom stereocenters. The molecule has 1 saturated carbocycles. The lowest BCUT2D eigenvalue weighted by Crippen LogP contribution is -2.28. The SMILES string of the molecule is c1ccc2nc(-c3ccc4c(c3)C3(CCCCC3)c3cc(-c5ccc6ccc7cccc8ccc5c6c78)ccc3-4)ccc2c1. The average Bonchev–Trinajstić information content (AvgIpc) is 3.34. The molecule has 10 rings (SSSR count). The van der Waals surface area contributed by atoms with Crippen LogP contribution < -0.4 is 0 Å². The zero-order valence-electron chi connectivity index (χ0n) is 24.6. The van der Waals surface area contributed by atoms with Crippen LogP contribution >= 0.6 is 0 Å². The second-order valence-electron chi connectivity index (χ2n) is 13.0. The van der Waals surface area contributed by atoms with Crippen LogP contribution in [0.2, 0.25) is 0 Å². The molecule has 208 valence electrons. The van der Waals surface area contributed by atoms with Gasteiger partial charge in [-0.1, -0.05) is 122 Å². The number of hydrogen-bond donors (Lipinski definition) is 0. The summed E-state index contributed by atoms with van der Waals surface area (Å²) in [5.74, 6) is 0. The normalized spacial score (nSPS) is 15.5. The second kappa shape index (κ2) is 9.00. The van der Waals surface area contributed by atoms with Crippen molar-refractivity contribution in [3.8, 4) is 33.5 Å². The summed E-state index contributed by atoms with van der Waals surface area (Å²) in [4.78, 5) is 5.07. The van der Waals surface area contributed by atoms with Crippen molar-refractivity contribution in [3.63, 3.8) is 0 Å². The van der Waals surface area contributed by atoms with Crippen molar-refractivity contribution < 1.29 is 0 Å². The maximum Gasteiger partial charge on any atom is 0.0709 e. The summed E-state index contributed by atoms with van der Waals surface area (Å²) in [6, 6.07) is 47.8. The summed E-state index contributed by atoms with van der Waals surface area (Å²) >= 11 is 0. The third-order valence-electron chi connectivity index (χ3n) is 10.8. The Bertz CT molecular complexity index is 2410. The number of benzene rings is 7. The van der Waals surface area contributed by atoms with E-state index >= 15 is 0 Å². The van der Waals surface area contributed by atoms with E-state index in [1.807, 2.05) is 0 Å². The van der Waals surface area contributed by atoms with Crippen LogP contribution in [0.15, 0.2) is 127 Å². The van der Waals surface area contributed by atoms with Gasteiger partial charge in [-0.2, -0.15) is 0 Å². The van der Waals surface area contributed by atoms with Gasteiger partial charge in [-0.3, -0.25) is 0 Å². The summed E-state index contributed by atoms with van der Waals surface area (Å²) in [6.45, 7) is 0. The molecule has 1 aromatic heterocycles. The van der Waals surface area contributed by atoms with Crippen LogP contribution in [-0.4, -0.2) is 4.98 Å². The Morgan fingerprint density at radius 1 is 0.455 bits per heavy atom. The highest BCUT2D eigenvalue weighted by atomic mass is 14.7. The zero-order valence-corrected chi connectivity index (χ0v) is 24.6. The average molecular weight is 562 g/mol. The van der Waals surface area contributed by atoms with Crippen LogP contribution in [0.5, 0.6) is 0 Å². The first-order chi connectivity index (χ1) is 21.8. The number of nitrogens with zero attached hydrogens (tertiary/aromatic N) is 1. The topological polar surface area (TPSA) is 12.9 Å². The van der Waals surface area contributed by atoms with Crippen LogP contribution in [-0.2, 0) is 5.41 Å². The predicted octanol–water partition coefficient (Wildman–Crippen LogP) is 11.7. The van der Waals surface area contributed by atoms with Crippen molar-refractivity contribution in [2.24, 2.45) is 0 Å². The van der Waals surface area contributed by atoms with Gasteiger partial charge in [0.2, 0.25) is 0 Å². The lowest BCUT2D eigenvalue weighted by atomic mass is 9.67. The first kappa shape index (κ1) is 24.4. The Kier molecular flexibility index (Phi) is 5.00. The first-order valence-electron chi connectivity index (χ1n) is 16.1. The van der Waals surface area contributed by atoms with E-state index in [-0.39, 0.29) is 5.41 Å². The number of rotatable bonds is 2. The summed E-state index contributed by atoms with van der Waals surface area (Å²) < 4.78 is 0. The fourth-order valence-electron chi connectivity index (χ4n) is 8.73. The highest BCUT2D eigenvalue weighted by Gasteiger charge is 2.44. The van der Waals surface area contributed by atoms with Gasteiger partial charge in [0, 0.05) is 16.4 Å². The van der Waals surface area contributed by atoms with Crippen molar-refractivity contribution in [2.45, 2.75) is 37.5 Å². The minimum absolute atomic E-state index is 0.0651. The molecule has 2 aliphatic carbocycles.